The fourth-order valence-electron chi connectivity index (χ4n) is 3.55. The van der Waals surface area contributed by atoms with Crippen molar-refractivity contribution in [1.29, 1.82) is 0 Å². The molecule has 1 heterocycles. The van der Waals surface area contributed by atoms with Crippen LogP contribution in [0.5, 0.6) is 0 Å². The summed E-state index contributed by atoms with van der Waals surface area (Å²) >= 11 is 1.52. The van der Waals surface area contributed by atoms with E-state index in [0.29, 0.717) is 24.8 Å². The number of benzene rings is 1. The number of carbonyl (C=O) groups excluding carboxylic acids is 2. The minimum atomic E-state index is 0.457. The molecule has 2 aromatic rings. The number of carbonyl (C=O) groups is 2. The average molecular weight is 459 g/mol. The van der Waals surface area contributed by atoms with Gasteiger partial charge in [-0.05, 0) is 88.0 Å². The van der Waals surface area contributed by atoms with Crippen LogP contribution < -0.4 is 15.2 Å². The third-order valence-corrected chi connectivity index (χ3v) is 6.47. The Kier molecular flexibility index (Phi) is 11.0. The number of thiophene rings is 1. The minimum Gasteiger partial charge on any atom is -0.375 e. The number of anilines is 2. The Balaban J connectivity index is 0.000000380. The van der Waals surface area contributed by atoms with Crippen molar-refractivity contribution in [3.05, 3.63) is 51.1 Å². The molecule has 1 fully saturated rings. The molecule has 7 nitrogen and oxygen atoms in total. The van der Waals surface area contributed by atoms with Gasteiger partial charge in [-0.2, -0.15) is 0 Å². The van der Waals surface area contributed by atoms with Crippen molar-refractivity contribution in [2.24, 2.45) is 17.1 Å². The van der Waals surface area contributed by atoms with Crippen molar-refractivity contribution in [2.45, 2.75) is 32.6 Å². The van der Waals surface area contributed by atoms with Gasteiger partial charge in [-0.1, -0.05) is 0 Å². The second kappa shape index (κ2) is 13.8. The number of aldehydes is 2. The summed E-state index contributed by atoms with van der Waals surface area (Å²) in [5, 5.41) is 8.01. The first-order valence-electron chi connectivity index (χ1n) is 11.0. The summed E-state index contributed by atoms with van der Waals surface area (Å²) in [5.74, 6) is 1.17. The normalized spacial score (nSPS) is 13.5. The maximum Gasteiger partial charge on any atom is 0.160 e. The third-order valence-electron chi connectivity index (χ3n) is 5.54. The van der Waals surface area contributed by atoms with Crippen molar-refractivity contribution in [3.63, 3.8) is 0 Å². The van der Waals surface area contributed by atoms with Gasteiger partial charge in [0.1, 0.15) is 6.29 Å². The van der Waals surface area contributed by atoms with Crippen LogP contribution in [-0.4, -0.2) is 46.3 Å². The molecule has 1 atom stereocenters. The topological polar surface area (TPSA) is 82.1 Å². The van der Waals surface area contributed by atoms with E-state index >= 15 is 0 Å². The zero-order valence-corrected chi connectivity index (χ0v) is 20.0. The lowest BCUT2D eigenvalue weighted by atomic mass is 10.0. The maximum atomic E-state index is 11.3. The molecule has 8 heteroatoms. The number of hydrogen-bond donors (Lipinski definition) is 1. The number of aryl methyl sites for hydroxylation is 1. The highest BCUT2D eigenvalue weighted by molar-refractivity contribution is 7.13. The van der Waals surface area contributed by atoms with Gasteiger partial charge in [-0.3, -0.25) is 4.79 Å². The van der Waals surface area contributed by atoms with Gasteiger partial charge in [0.2, 0.25) is 0 Å². The second-order valence-electron chi connectivity index (χ2n) is 8.13. The monoisotopic (exact) mass is 458 g/mol. The largest absolute Gasteiger partial charge is 0.375 e. The molecule has 0 aliphatic heterocycles. The molecule has 1 aromatic carbocycles. The second-order valence-corrected chi connectivity index (χ2v) is 9.45. The number of nitrogens with zero attached hydrogens (tertiary/aromatic N) is 3. The molecule has 0 spiro atoms. The molecule has 0 bridgehead atoms. The predicted molar refractivity (Wildman–Crippen MR) is 133 cm³/mol. The molecule has 1 unspecified atom stereocenters. The van der Waals surface area contributed by atoms with Crippen molar-refractivity contribution >= 4 is 35.3 Å². The van der Waals surface area contributed by atoms with Gasteiger partial charge in [0.05, 0.1) is 15.9 Å². The Hall–Kier alpha value is -2.58. The predicted octanol–water partition coefficient (Wildman–Crippen LogP) is 4.70. The molecule has 32 heavy (non-hydrogen) atoms. The van der Waals surface area contributed by atoms with E-state index in [1.54, 1.807) is 5.01 Å². The van der Waals surface area contributed by atoms with Gasteiger partial charge in [-0.25, -0.2) is 5.01 Å². The van der Waals surface area contributed by atoms with E-state index in [4.69, 9.17) is 0 Å². The molecule has 174 valence electrons. The third kappa shape index (κ3) is 8.51. The van der Waals surface area contributed by atoms with E-state index in [9.17, 15) is 14.5 Å². The number of nitroso groups, excluding NO2 is 1. The molecule has 0 saturated heterocycles. The number of unbranched alkanes of at least 4 members (excludes halogenated alkanes) is 1. The Morgan fingerprint density at radius 1 is 1.16 bits per heavy atom. The lowest BCUT2D eigenvalue weighted by Gasteiger charge is -2.24. The molecule has 1 saturated carbocycles. The van der Waals surface area contributed by atoms with Crippen LogP contribution in [0, 0.1) is 23.7 Å². The van der Waals surface area contributed by atoms with Crippen molar-refractivity contribution < 1.29 is 9.59 Å². The highest BCUT2D eigenvalue weighted by Crippen LogP contribution is 2.37. The molecular weight excluding hydrogens is 424 g/mol. The summed E-state index contributed by atoms with van der Waals surface area (Å²) in [6, 6.07) is 11.6. The Morgan fingerprint density at radius 3 is 2.31 bits per heavy atom. The summed E-state index contributed by atoms with van der Waals surface area (Å²) in [7, 11) is 3.95. The van der Waals surface area contributed by atoms with E-state index in [1.165, 1.54) is 29.1 Å². The van der Waals surface area contributed by atoms with E-state index in [-0.39, 0.29) is 0 Å². The first-order valence-corrected chi connectivity index (χ1v) is 11.9. The average Bonchev–Trinajstić information content (AvgIpc) is 3.57. The quantitative estimate of drug-likeness (QED) is 0.203. The fourth-order valence-corrected chi connectivity index (χ4v) is 4.25. The molecule has 1 aliphatic rings. The zero-order chi connectivity index (χ0) is 23.3. The molecule has 3 rings (SSSR count). The van der Waals surface area contributed by atoms with E-state index in [2.05, 4.69) is 15.5 Å². The zero-order valence-electron chi connectivity index (χ0n) is 19.2. The summed E-state index contributed by atoms with van der Waals surface area (Å²) in [6.45, 7) is 4.38. The van der Waals surface area contributed by atoms with Crippen LogP contribution in [0.4, 0.5) is 11.4 Å². The Bertz CT molecular complexity index is 836. The molecular formula is C24H34N4O3S. The maximum absolute atomic E-state index is 11.3. The highest BCUT2D eigenvalue weighted by Gasteiger charge is 2.32. The number of hydrogen-bond acceptors (Lipinski definition) is 7. The van der Waals surface area contributed by atoms with Crippen molar-refractivity contribution in [1.82, 2.24) is 5.32 Å². The summed E-state index contributed by atoms with van der Waals surface area (Å²) < 4.78 is 0. The lowest BCUT2D eigenvalue weighted by molar-refractivity contribution is -0.107. The molecule has 1 N–H and O–H groups in total. The molecule has 0 amide bonds. The molecule has 1 aromatic heterocycles. The van der Waals surface area contributed by atoms with Crippen LogP contribution in [0.25, 0.3) is 0 Å². The smallest absolute Gasteiger partial charge is 0.160 e. The van der Waals surface area contributed by atoms with E-state index in [1.807, 2.05) is 57.4 Å². The lowest BCUT2D eigenvalue weighted by Crippen LogP contribution is -2.32. The number of nitrogens with one attached hydrogen (secondary N) is 1. The molecule has 1 aliphatic carbocycles. The van der Waals surface area contributed by atoms with Gasteiger partial charge in [0.25, 0.3) is 0 Å². The van der Waals surface area contributed by atoms with Crippen LogP contribution in [0.15, 0.2) is 41.7 Å². The standard InChI is InChI=1S/C18H28N4O2.C6H6OS/c1-19-13-16(15-5-6-15)14-22(20-24)18-9-7-17(8-10-18)21(2)11-3-4-12-23;1-5-2-3-6(4-7)8-5/h7-10,12,15-16,19H,3-6,11,13-14H2,1-2H3;2-4H,1H3. The summed E-state index contributed by atoms with van der Waals surface area (Å²) in [6.07, 6.45) is 5.76. The van der Waals surface area contributed by atoms with Crippen LogP contribution in [0.3, 0.4) is 0 Å². The van der Waals surface area contributed by atoms with Gasteiger partial charge >= 0.3 is 0 Å². The van der Waals surface area contributed by atoms with E-state index in [0.717, 1.165) is 48.3 Å². The first kappa shape index (κ1) is 25.7. The van der Waals surface area contributed by atoms with Crippen LogP contribution in [-0.2, 0) is 4.79 Å². The number of rotatable bonds is 13. The van der Waals surface area contributed by atoms with Gasteiger partial charge < -0.3 is 15.0 Å². The van der Waals surface area contributed by atoms with Gasteiger partial charge in [-0.15, -0.1) is 16.2 Å². The van der Waals surface area contributed by atoms with Crippen molar-refractivity contribution in [2.75, 3.05) is 43.6 Å². The first-order chi connectivity index (χ1) is 15.5. The van der Waals surface area contributed by atoms with Crippen molar-refractivity contribution in [3.8, 4) is 0 Å². The van der Waals surface area contributed by atoms with Crippen LogP contribution >= 0.6 is 11.3 Å². The minimum absolute atomic E-state index is 0.457. The SMILES string of the molecule is CNCC(CN(N=O)c1ccc(N(C)CCCC=O)cc1)C1CC1.Cc1ccc(C=O)s1. The fraction of sp³-hybridized carbons (Fsp3) is 0.500. The summed E-state index contributed by atoms with van der Waals surface area (Å²) in [4.78, 5) is 35.8. The summed E-state index contributed by atoms with van der Waals surface area (Å²) in [5.41, 5.74) is 1.90. The highest BCUT2D eigenvalue weighted by atomic mass is 32.1. The van der Waals surface area contributed by atoms with Gasteiger partial charge in [0, 0.05) is 37.1 Å². The van der Waals surface area contributed by atoms with Crippen LogP contribution in [0.2, 0.25) is 0 Å². The molecule has 0 radical (unpaired) electrons. The Morgan fingerprint density at radius 2 is 1.84 bits per heavy atom. The Labute approximate surface area is 194 Å². The van der Waals surface area contributed by atoms with E-state index < -0.39 is 0 Å². The van der Waals surface area contributed by atoms with Crippen LogP contribution in [0.1, 0.15) is 40.2 Å². The van der Waals surface area contributed by atoms with Gasteiger partial charge in [0.15, 0.2) is 6.29 Å².